The summed E-state index contributed by atoms with van der Waals surface area (Å²) in [6, 6.07) is 6.28. The summed E-state index contributed by atoms with van der Waals surface area (Å²) in [6.07, 6.45) is 1.09. The van der Waals surface area contributed by atoms with Crippen LogP contribution in [-0.2, 0) is 12.2 Å². The van der Waals surface area contributed by atoms with Crippen molar-refractivity contribution in [2.24, 2.45) is 0 Å². The first-order chi connectivity index (χ1) is 9.22. The van der Waals surface area contributed by atoms with Gasteiger partial charge in [-0.3, -0.25) is 0 Å². The third-order valence-electron chi connectivity index (χ3n) is 3.08. The summed E-state index contributed by atoms with van der Waals surface area (Å²) in [5.41, 5.74) is 3.54. The van der Waals surface area contributed by atoms with Crippen LogP contribution in [0.5, 0.6) is 0 Å². The zero-order valence-corrected chi connectivity index (χ0v) is 12.0. The Morgan fingerprint density at radius 1 is 1.42 bits per heavy atom. The van der Waals surface area contributed by atoms with Crippen LogP contribution in [0, 0.1) is 0 Å². The van der Waals surface area contributed by atoms with Crippen molar-refractivity contribution in [3.05, 3.63) is 29.6 Å². The maximum Gasteiger partial charge on any atom is 0.258 e. The van der Waals surface area contributed by atoms with Gasteiger partial charge in [-0.05, 0) is 29.4 Å². The van der Waals surface area contributed by atoms with Crippen molar-refractivity contribution in [1.29, 1.82) is 0 Å². The molecule has 2 aromatic rings. The summed E-state index contributed by atoms with van der Waals surface area (Å²) in [5, 5.41) is 7.97. The van der Waals surface area contributed by atoms with E-state index in [0.29, 0.717) is 11.1 Å². The SMILES string of the molecule is CC(C)SCc1noc(-c2ccc3c(c2)NCC3)n1. The van der Waals surface area contributed by atoms with E-state index in [1.165, 1.54) is 11.3 Å². The van der Waals surface area contributed by atoms with E-state index < -0.39 is 0 Å². The third kappa shape index (κ3) is 2.76. The van der Waals surface area contributed by atoms with Crippen molar-refractivity contribution in [2.45, 2.75) is 31.3 Å². The number of thioether (sulfide) groups is 1. The predicted octanol–water partition coefficient (Wildman–Crippen LogP) is 3.35. The molecule has 0 bridgehead atoms. The van der Waals surface area contributed by atoms with Crippen LogP contribution in [0.3, 0.4) is 0 Å². The minimum atomic E-state index is 0.575. The lowest BCUT2D eigenvalue weighted by molar-refractivity contribution is 0.425. The van der Waals surface area contributed by atoms with Crippen LogP contribution in [0.15, 0.2) is 22.7 Å². The topological polar surface area (TPSA) is 51.0 Å². The highest BCUT2D eigenvalue weighted by Crippen LogP contribution is 2.28. The smallest absolute Gasteiger partial charge is 0.258 e. The van der Waals surface area contributed by atoms with E-state index in [1.54, 1.807) is 0 Å². The molecule has 0 spiro atoms. The Hall–Kier alpha value is -1.49. The lowest BCUT2D eigenvalue weighted by Gasteiger charge is -2.01. The fraction of sp³-hybridized carbons (Fsp3) is 0.429. The van der Waals surface area contributed by atoms with E-state index in [9.17, 15) is 0 Å². The molecule has 19 heavy (non-hydrogen) atoms. The number of nitrogens with one attached hydrogen (secondary N) is 1. The highest BCUT2D eigenvalue weighted by Gasteiger charge is 2.14. The lowest BCUT2D eigenvalue weighted by atomic mass is 10.1. The second-order valence-corrected chi connectivity index (χ2v) is 6.49. The van der Waals surface area contributed by atoms with Crippen molar-refractivity contribution < 1.29 is 4.52 Å². The van der Waals surface area contributed by atoms with Crippen molar-refractivity contribution in [3.63, 3.8) is 0 Å². The van der Waals surface area contributed by atoms with Crippen LogP contribution in [-0.4, -0.2) is 21.9 Å². The minimum absolute atomic E-state index is 0.575. The number of hydrogen-bond donors (Lipinski definition) is 1. The lowest BCUT2D eigenvalue weighted by Crippen LogP contribution is -1.91. The second-order valence-electron chi connectivity index (χ2n) is 4.92. The monoisotopic (exact) mass is 275 g/mol. The molecule has 0 atom stereocenters. The van der Waals surface area contributed by atoms with Crippen LogP contribution in [0.25, 0.3) is 11.5 Å². The van der Waals surface area contributed by atoms with Gasteiger partial charge in [0.1, 0.15) is 0 Å². The molecule has 0 radical (unpaired) electrons. The number of aromatic nitrogens is 2. The molecule has 1 aromatic heterocycles. The van der Waals surface area contributed by atoms with Crippen molar-refractivity contribution in [1.82, 2.24) is 10.1 Å². The third-order valence-corrected chi connectivity index (χ3v) is 4.17. The average Bonchev–Trinajstić information content (AvgIpc) is 3.04. The fourth-order valence-electron chi connectivity index (χ4n) is 2.09. The predicted molar refractivity (Wildman–Crippen MR) is 78.4 cm³/mol. The normalized spacial score (nSPS) is 13.6. The maximum absolute atomic E-state index is 5.34. The number of rotatable bonds is 4. The van der Waals surface area contributed by atoms with Crippen LogP contribution >= 0.6 is 11.8 Å². The number of fused-ring (bicyclic) bond motifs is 1. The molecule has 0 amide bonds. The van der Waals surface area contributed by atoms with Gasteiger partial charge in [0.2, 0.25) is 0 Å². The molecule has 0 saturated carbocycles. The van der Waals surface area contributed by atoms with E-state index in [-0.39, 0.29) is 0 Å². The van der Waals surface area contributed by atoms with Gasteiger partial charge in [0.05, 0.1) is 5.75 Å². The molecule has 0 aliphatic carbocycles. The van der Waals surface area contributed by atoms with Crippen LogP contribution in [0.4, 0.5) is 5.69 Å². The molecule has 1 aromatic carbocycles. The second kappa shape index (κ2) is 5.25. The van der Waals surface area contributed by atoms with Gasteiger partial charge in [0.25, 0.3) is 5.89 Å². The van der Waals surface area contributed by atoms with E-state index >= 15 is 0 Å². The highest BCUT2D eigenvalue weighted by atomic mass is 32.2. The van der Waals surface area contributed by atoms with Gasteiger partial charge in [-0.2, -0.15) is 16.7 Å². The molecule has 1 aliphatic heterocycles. The Kier molecular flexibility index (Phi) is 3.46. The molecule has 5 heteroatoms. The molecule has 1 N–H and O–H groups in total. The molecule has 2 heterocycles. The molecular weight excluding hydrogens is 258 g/mol. The average molecular weight is 275 g/mol. The Morgan fingerprint density at radius 2 is 2.32 bits per heavy atom. The molecule has 0 unspecified atom stereocenters. The number of anilines is 1. The summed E-state index contributed by atoms with van der Waals surface area (Å²) in [4.78, 5) is 4.45. The Labute approximate surface area is 117 Å². The summed E-state index contributed by atoms with van der Waals surface area (Å²) >= 11 is 1.82. The number of nitrogens with zero attached hydrogens (tertiary/aromatic N) is 2. The zero-order chi connectivity index (χ0) is 13.2. The maximum atomic E-state index is 5.34. The van der Waals surface area contributed by atoms with Crippen molar-refractivity contribution in [3.8, 4) is 11.5 Å². The van der Waals surface area contributed by atoms with Crippen LogP contribution in [0.2, 0.25) is 0 Å². The van der Waals surface area contributed by atoms with Crippen LogP contribution in [0.1, 0.15) is 25.2 Å². The standard InChI is InChI=1S/C14H17N3OS/c1-9(2)19-8-13-16-14(18-17-13)11-4-3-10-5-6-15-12(10)7-11/h3-4,7,9,15H,5-6,8H2,1-2H3. The first-order valence-electron chi connectivity index (χ1n) is 6.54. The molecular formula is C14H17N3OS. The van der Waals surface area contributed by atoms with Crippen molar-refractivity contribution in [2.75, 3.05) is 11.9 Å². The molecule has 4 nitrogen and oxygen atoms in total. The first-order valence-corrected chi connectivity index (χ1v) is 7.58. The van der Waals surface area contributed by atoms with Gasteiger partial charge >= 0.3 is 0 Å². The molecule has 3 rings (SSSR count). The van der Waals surface area contributed by atoms with Gasteiger partial charge in [-0.1, -0.05) is 25.1 Å². The highest BCUT2D eigenvalue weighted by molar-refractivity contribution is 7.99. The quantitative estimate of drug-likeness (QED) is 0.927. The summed E-state index contributed by atoms with van der Waals surface area (Å²) in [6.45, 7) is 5.34. The molecule has 100 valence electrons. The molecule has 1 aliphatic rings. The van der Waals surface area contributed by atoms with E-state index in [0.717, 1.165) is 30.1 Å². The number of benzene rings is 1. The largest absolute Gasteiger partial charge is 0.384 e. The van der Waals surface area contributed by atoms with Gasteiger partial charge < -0.3 is 9.84 Å². The van der Waals surface area contributed by atoms with Gasteiger partial charge in [0, 0.05) is 17.8 Å². The van der Waals surface area contributed by atoms with E-state index in [4.69, 9.17) is 4.52 Å². The molecule has 0 fully saturated rings. The Morgan fingerprint density at radius 3 is 3.16 bits per heavy atom. The summed E-state index contributed by atoms with van der Waals surface area (Å²) in [7, 11) is 0. The Balaban J connectivity index is 1.79. The van der Waals surface area contributed by atoms with Gasteiger partial charge in [-0.25, -0.2) is 0 Å². The molecule has 0 saturated heterocycles. The Bertz CT molecular complexity index is 580. The van der Waals surface area contributed by atoms with E-state index in [1.807, 2.05) is 11.8 Å². The first kappa shape index (κ1) is 12.5. The van der Waals surface area contributed by atoms with Gasteiger partial charge in [-0.15, -0.1) is 0 Å². The zero-order valence-electron chi connectivity index (χ0n) is 11.1. The van der Waals surface area contributed by atoms with Crippen molar-refractivity contribution >= 4 is 17.4 Å². The van der Waals surface area contributed by atoms with E-state index in [2.05, 4.69) is 47.5 Å². The number of hydrogen-bond acceptors (Lipinski definition) is 5. The van der Waals surface area contributed by atoms with Gasteiger partial charge in [0.15, 0.2) is 5.82 Å². The van der Waals surface area contributed by atoms with Crippen LogP contribution < -0.4 is 5.32 Å². The summed E-state index contributed by atoms with van der Waals surface area (Å²) in [5.74, 6) is 2.17. The summed E-state index contributed by atoms with van der Waals surface area (Å²) < 4.78 is 5.34. The minimum Gasteiger partial charge on any atom is -0.384 e. The fourth-order valence-corrected chi connectivity index (χ4v) is 2.69.